The Hall–Kier alpha value is -1.96. The second-order valence-corrected chi connectivity index (χ2v) is 5.12. The second kappa shape index (κ2) is 4.96. The normalized spacial score (nSPS) is 10.6. The van der Waals surface area contributed by atoms with Gasteiger partial charge in [0.2, 0.25) is 0 Å². The second-order valence-electron chi connectivity index (χ2n) is 5.12. The Kier molecular flexibility index (Phi) is 3.52. The van der Waals surface area contributed by atoms with Crippen LogP contribution in [0.4, 0.5) is 4.39 Å². The van der Waals surface area contributed by atoms with Crippen LogP contribution in [0.5, 0.6) is 0 Å². The first-order valence-electron chi connectivity index (χ1n) is 6.28. The highest BCUT2D eigenvalue weighted by Gasteiger charge is 2.15. The van der Waals surface area contributed by atoms with E-state index >= 15 is 0 Å². The molecule has 2 aromatic rings. The Morgan fingerprint density at radius 3 is 1.89 bits per heavy atom. The van der Waals surface area contributed by atoms with E-state index in [0.29, 0.717) is 11.1 Å². The monoisotopic (exact) mass is 256 g/mol. The topological polar surface area (TPSA) is 17.1 Å². The third kappa shape index (κ3) is 2.73. The molecule has 0 aliphatic heterocycles. The van der Waals surface area contributed by atoms with Crippen molar-refractivity contribution in [3.05, 3.63) is 69.5 Å². The quantitative estimate of drug-likeness (QED) is 0.732. The molecule has 19 heavy (non-hydrogen) atoms. The molecule has 0 fully saturated rings. The van der Waals surface area contributed by atoms with Crippen molar-refractivity contribution in [1.82, 2.24) is 0 Å². The van der Waals surface area contributed by atoms with Crippen molar-refractivity contribution in [1.29, 1.82) is 0 Å². The van der Waals surface area contributed by atoms with Crippen LogP contribution in [-0.2, 0) is 0 Å². The highest BCUT2D eigenvalue weighted by molar-refractivity contribution is 6.10. The fourth-order valence-electron chi connectivity index (χ4n) is 2.55. The number of hydrogen-bond donors (Lipinski definition) is 0. The minimum atomic E-state index is -0.370. The Bertz CT molecular complexity index is 613. The minimum absolute atomic E-state index is 0.113. The average Bonchev–Trinajstić information content (AvgIpc) is 2.25. The van der Waals surface area contributed by atoms with Gasteiger partial charge in [0, 0.05) is 11.1 Å². The lowest BCUT2D eigenvalue weighted by Crippen LogP contribution is -2.07. The van der Waals surface area contributed by atoms with E-state index in [-0.39, 0.29) is 11.6 Å². The first kappa shape index (κ1) is 13.5. The summed E-state index contributed by atoms with van der Waals surface area (Å²) in [6.07, 6.45) is 0. The molecule has 2 rings (SSSR count). The summed E-state index contributed by atoms with van der Waals surface area (Å²) < 4.78 is 13.4. The minimum Gasteiger partial charge on any atom is -0.289 e. The van der Waals surface area contributed by atoms with Crippen LogP contribution >= 0.6 is 0 Å². The van der Waals surface area contributed by atoms with Gasteiger partial charge in [-0.05, 0) is 62.6 Å². The van der Waals surface area contributed by atoms with E-state index in [2.05, 4.69) is 0 Å². The lowest BCUT2D eigenvalue weighted by atomic mass is 9.92. The number of ketones is 1. The van der Waals surface area contributed by atoms with Gasteiger partial charge in [-0.25, -0.2) is 4.39 Å². The highest BCUT2D eigenvalue weighted by Crippen LogP contribution is 2.21. The van der Waals surface area contributed by atoms with Crippen molar-refractivity contribution in [3.8, 4) is 0 Å². The van der Waals surface area contributed by atoms with Crippen LogP contribution in [0.3, 0.4) is 0 Å². The summed E-state index contributed by atoms with van der Waals surface area (Å²) in [5.74, 6) is -0.483. The lowest BCUT2D eigenvalue weighted by Gasteiger charge is -2.11. The first-order chi connectivity index (χ1) is 8.88. The van der Waals surface area contributed by atoms with Crippen LogP contribution in [0.1, 0.15) is 38.2 Å². The molecule has 0 spiro atoms. The van der Waals surface area contributed by atoms with Crippen LogP contribution in [0, 0.1) is 33.5 Å². The van der Waals surface area contributed by atoms with Crippen molar-refractivity contribution in [3.63, 3.8) is 0 Å². The number of benzene rings is 2. The average molecular weight is 256 g/mol. The van der Waals surface area contributed by atoms with Crippen molar-refractivity contribution < 1.29 is 9.18 Å². The van der Waals surface area contributed by atoms with E-state index in [1.54, 1.807) is 13.0 Å². The van der Waals surface area contributed by atoms with Gasteiger partial charge < -0.3 is 0 Å². The molecule has 0 N–H and O–H groups in total. The fourth-order valence-corrected chi connectivity index (χ4v) is 2.55. The number of carbonyl (C=O) groups excluding carboxylic acids is 1. The summed E-state index contributed by atoms with van der Waals surface area (Å²) in [6, 6.07) is 8.41. The number of rotatable bonds is 2. The zero-order valence-electron chi connectivity index (χ0n) is 11.7. The SMILES string of the molecule is Cc1cc(F)cc(C(=O)c2c(C)cc(C)cc2C)c1. The Labute approximate surface area is 113 Å². The summed E-state index contributed by atoms with van der Waals surface area (Å²) in [6.45, 7) is 7.62. The smallest absolute Gasteiger partial charge is 0.193 e. The molecule has 0 aliphatic rings. The summed E-state index contributed by atoms with van der Waals surface area (Å²) in [4.78, 5) is 12.5. The molecular weight excluding hydrogens is 239 g/mol. The molecule has 0 saturated carbocycles. The van der Waals surface area contributed by atoms with Gasteiger partial charge in [-0.1, -0.05) is 17.7 Å². The largest absolute Gasteiger partial charge is 0.289 e. The van der Waals surface area contributed by atoms with E-state index in [4.69, 9.17) is 0 Å². The Balaban J connectivity index is 2.56. The van der Waals surface area contributed by atoms with Crippen LogP contribution in [0.2, 0.25) is 0 Å². The molecule has 0 unspecified atom stereocenters. The molecule has 0 heterocycles. The molecule has 0 bridgehead atoms. The maximum Gasteiger partial charge on any atom is 0.193 e. The maximum absolute atomic E-state index is 13.4. The maximum atomic E-state index is 13.4. The van der Waals surface area contributed by atoms with Gasteiger partial charge in [0.1, 0.15) is 5.82 Å². The van der Waals surface area contributed by atoms with Gasteiger partial charge in [0.15, 0.2) is 5.78 Å². The summed E-state index contributed by atoms with van der Waals surface area (Å²) >= 11 is 0. The lowest BCUT2D eigenvalue weighted by molar-refractivity contribution is 0.103. The fraction of sp³-hybridized carbons (Fsp3) is 0.235. The van der Waals surface area contributed by atoms with Gasteiger partial charge in [-0.3, -0.25) is 4.79 Å². The van der Waals surface area contributed by atoms with Crippen molar-refractivity contribution in [2.45, 2.75) is 27.7 Å². The van der Waals surface area contributed by atoms with Crippen LogP contribution in [-0.4, -0.2) is 5.78 Å². The van der Waals surface area contributed by atoms with Crippen molar-refractivity contribution in [2.24, 2.45) is 0 Å². The van der Waals surface area contributed by atoms with Gasteiger partial charge in [-0.2, -0.15) is 0 Å². The summed E-state index contributed by atoms with van der Waals surface area (Å²) in [7, 11) is 0. The molecule has 98 valence electrons. The predicted molar refractivity (Wildman–Crippen MR) is 75.2 cm³/mol. The van der Waals surface area contributed by atoms with Gasteiger partial charge in [0.25, 0.3) is 0 Å². The molecule has 2 aromatic carbocycles. The van der Waals surface area contributed by atoms with Gasteiger partial charge >= 0.3 is 0 Å². The zero-order chi connectivity index (χ0) is 14.2. The Morgan fingerprint density at radius 1 is 0.842 bits per heavy atom. The number of aryl methyl sites for hydroxylation is 4. The van der Waals surface area contributed by atoms with Crippen LogP contribution in [0.25, 0.3) is 0 Å². The van der Waals surface area contributed by atoms with Crippen molar-refractivity contribution >= 4 is 5.78 Å². The highest BCUT2D eigenvalue weighted by atomic mass is 19.1. The standard InChI is InChI=1S/C17H17FO/c1-10-5-12(3)16(13(4)6-10)17(19)14-7-11(2)8-15(18)9-14/h5-9H,1-4H3. The van der Waals surface area contributed by atoms with Gasteiger partial charge in [-0.15, -0.1) is 0 Å². The molecule has 0 aliphatic carbocycles. The molecule has 0 atom stereocenters. The molecule has 0 aromatic heterocycles. The van der Waals surface area contributed by atoms with E-state index in [0.717, 1.165) is 22.3 Å². The van der Waals surface area contributed by atoms with Crippen LogP contribution < -0.4 is 0 Å². The number of carbonyl (C=O) groups is 1. The molecule has 0 saturated heterocycles. The zero-order valence-corrected chi connectivity index (χ0v) is 11.7. The predicted octanol–water partition coefficient (Wildman–Crippen LogP) is 4.29. The molecule has 1 nitrogen and oxygen atoms in total. The van der Waals surface area contributed by atoms with E-state index in [1.165, 1.54) is 12.1 Å². The summed E-state index contributed by atoms with van der Waals surface area (Å²) in [5, 5.41) is 0. The van der Waals surface area contributed by atoms with E-state index in [1.807, 2.05) is 32.9 Å². The number of hydrogen-bond acceptors (Lipinski definition) is 1. The molecule has 0 amide bonds. The molecule has 0 radical (unpaired) electrons. The Morgan fingerprint density at radius 2 is 1.37 bits per heavy atom. The van der Waals surface area contributed by atoms with Crippen molar-refractivity contribution in [2.75, 3.05) is 0 Å². The summed E-state index contributed by atoms with van der Waals surface area (Å²) in [5.41, 5.74) is 4.84. The third-order valence-corrected chi connectivity index (χ3v) is 3.21. The van der Waals surface area contributed by atoms with Gasteiger partial charge in [0.05, 0.1) is 0 Å². The van der Waals surface area contributed by atoms with E-state index < -0.39 is 0 Å². The number of halogens is 1. The van der Waals surface area contributed by atoms with Crippen LogP contribution in [0.15, 0.2) is 30.3 Å². The van der Waals surface area contributed by atoms with E-state index in [9.17, 15) is 9.18 Å². The molecule has 2 heteroatoms. The first-order valence-corrected chi connectivity index (χ1v) is 6.28. The molecular formula is C17H17FO. The third-order valence-electron chi connectivity index (χ3n) is 3.21.